The lowest BCUT2D eigenvalue weighted by atomic mass is 10.2. The fourth-order valence-corrected chi connectivity index (χ4v) is 2.08. The Morgan fingerprint density at radius 2 is 2.50 bits per heavy atom. The first kappa shape index (κ1) is 11.4. The van der Waals surface area contributed by atoms with Gasteiger partial charge in [-0.2, -0.15) is 0 Å². The van der Waals surface area contributed by atoms with Crippen molar-refractivity contribution < 1.29 is 4.74 Å². The van der Waals surface area contributed by atoms with Crippen LogP contribution < -0.4 is 10.2 Å². The molecule has 1 unspecified atom stereocenters. The van der Waals surface area contributed by atoms with Gasteiger partial charge in [0.15, 0.2) is 0 Å². The molecule has 1 fully saturated rings. The Morgan fingerprint density at radius 3 is 3.19 bits per heavy atom. The van der Waals surface area contributed by atoms with E-state index in [1.807, 2.05) is 19.3 Å². The third kappa shape index (κ3) is 2.51. The normalized spacial score (nSPS) is 20.4. The molecule has 2 rings (SSSR count). The molecule has 2 heterocycles. The van der Waals surface area contributed by atoms with Gasteiger partial charge >= 0.3 is 0 Å². The van der Waals surface area contributed by atoms with Crippen molar-refractivity contribution in [2.45, 2.75) is 19.1 Å². The van der Waals surface area contributed by atoms with Gasteiger partial charge in [0.1, 0.15) is 5.82 Å². The van der Waals surface area contributed by atoms with Crippen molar-refractivity contribution in [2.24, 2.45) is 0 Å². The Bertz CT molecular complexity index is 343. The minimum Gasteiger partial charge on any atom is -0.380 e. The Hall–Kier alpha value is -1.13. The molecule has 0 radical (unpaired) electrons. The van der Waals surface area contributed by atoms with E-state index in [1.165, 1.54) is 5.56 Å². The van der Waals surface area contributed by atoms with Crippen molar-refractivity contribution in [1.29, 1.82) is 0 Å². The lowest BCUT2D eigenvalue weighted by Gasteiger charge is -2.17. The van der Waals surface area contributed by atoms with E-state index < -0.39 is 0 Å². The molecular weight excluding hydrogens is 202 g/mol. The lowest BCUT2D eigenvalue weighted by molar-refractivity contribution is 0.121. The fourth-order valence-electron chi connectivity index (χ4n) is 2.08. The van der Waals surface area contributed by atoms with E-state index >= 15 is 0 Å². The highest BCUT2D eigenvalue weighted by Gasteiger charge is 2.22. The van der Waals surface area contributed by atoms with E-state index in [1.54, 1.807) is 7.11 Å². The van der Waals surface area contributed by atoms with Crippen molar-refractivity contribution in [1.82, 2.24) is 10.3 Å². The standard InChI is InChI=1S/C12H19N3O/c1-13-8-10-3-5-14-12(7-10)15-6-4-11(9-15)16-2/h3,5,7,11,13H,4,6,8-9H2,1-2H3. The molecule has 1 aromatic rings. The molecule has 1 aliphatic heterocycles. The van der Waals surface area contributed by atoms with E-state index in [0.717, 1.165) is 31.9 Å². The van der Waals surface area contributed by atoms with E-state index in [4.69, 9.17) is 4.74 Å². The predicted molar refractivity (Wildman–Crippen MR) is 64.6 cm³/mol. The smallest absolute Gasteiger partial charge is 0.128 e. The molecule has 0 aliphatic carbocycles. The Labute approximate surface area is 96.6 Å². The van der Waals surface area contributed by atoms with Gasteiger partial charge in [-0.1, -0.05) is 0 Å². The third-order valence-electron chi connectivity index (χ3n) is 2.99. The van der Waals surface area contributed by atoms with Gasteiger partial charge < -0.3 is 15.0 Å². The maximum Gasteiger partial charge on any atom is 0.128 e. The monoisotopic (exact) mass is 221 g/mol. The SMILES string of the molecule is CNCc1ccnc(N2CCC(OC)C2)c1. The second-order valence-electron chi connectivity index (χ2n) is 4.15. The summed E-state index contributed by atoms with van der Waals surface area (Å²) in [5.74, 6) is 1.06. The summed E-state index contributed by atoms with van der Waals surface area (Å²) >= 11 is 0. The minimum atomic E-state index is 0.356. The van der Waals surface area contributed by atoms with Gasteiger partial charge in [-0.05, 0) is 31.2 Å². The van der Waals surface area contributed by atoms with Crippen molar-refractivity contribution in [3.63, 3.8) is 0 Å². The first-order valence-electron chi connectivity index (χ1n) is 5.70. The first-order chi connectivity index (χ1) is 7.83. The summed E-state index contributed by atoms with van der Waals surface area (Å²) in [6.07, 6.45) is 3.33. The zero-order chi connectivity index (χ0) is 11.4. The number of hydrogen-bond acceptors (Lipinski definition) is 4. The van der Waals surface area contributed by atoms with Crippen LogP contribution in [0.25, 0.3) is 0 Å². The molecule has 0 bridgehead atoms. The molecule has 1 atom stereocenters. The molecule has 88 valence electrons. The quantitative estimate of drug-likeness (QED) is 0.824. The number of nitrogens with one attached hydrogen (secondary N) is 1. The van der Waals surface area contributed by atoms with Crippen molar-refractivity contribution >= 4 is 5.82 Å². The van der Waals surface area contributed by atoms with Gasteiger partial charge in [-0.25, -0.2) is 4.98 Å². The number of ether oxygens (including phenoxy) is 1. The minimum absolute atomic E-state index is 0.356. The van der Waals surface area contributed by atoms with Crippen LogP contribution in [0.5, 0.6) is 0 Å². The lowest BCUT2D eigenvalue weighted by Crippen LogP contribution is -2.23. The molecule has 4 nitrogen and oxygen atoms in total. The molecule has 1 saturated heterocycles. The Balaban J connectivity index is 2.06. The van der Waals surface area contributed by atoms with Crippen LogP contribution >= 0.6 is 0 Å². The van der Waals surface area contributed by atoms with Crippen LogP contribution in [-0.2, 0) is 11.3 Å². The zero-order valence-electron chi connectivity index (χ0n) is 9.94. The molecule has 0 amide bonds. The summed E-state index contributed by atoms with van der Waals surface area (Å²) in [6.45, 7) is 2.87. The summed E-state index contributed by atoms with van der Waals surface area (Å²) in [6, 6.07) is 4.19. The summed E-state index contributed by atoms with van der Waals surface area (Å²) in [7, 11) is 3.73. The number of aromatic nitrogens is 1. The van der Waals surface area contributed by atoms with Gasteiger partial charge in [-0.15, -0.1) is 0 Å². The highest BCUT2D eigenvalue weighted by molar-refractivity contribution is 5.42. The maximum atomic E-state index is 5.36. The number of pyridine rings is 1. The summed E-state index contributed by atoms with van der Waals surface area (Å²) in [5.41, 5.74) is 1.27. The average Bonchev–Trinajstić information content (AvgIpc) is 2.78. The molecule has 0 saturated carbocycles. The van der Waals surface area contributed by atoms with Gasteiger partial charge in [0.25, 0.3) is 0 Å². The van der Waals surface area contributed by atoms with Gasteiger partial charge in [0.2, 0.25) is 0 Å². The van der Waals surface area contributed by atoms with Gasteiger partial charge in [0.05, 0.1) is 6.10 Å². The van der Waals surface area contributed by atoms with Gasteiger partial charge in [-0.3, -0.25) is 0 Å². The van der Waals surface area contributed by atoms with Crippen LogP contribution in [0, 0.1) is 0 Å². The molecule has 1 aliphatic rings. The number of nitrogens with zero attached hydrogens (tertiary/aromatic N) is 2. The van der Waals surface area contributed by atoms with Crippen LogP contribution in [0.15, 0.2) is 18.3 Å². The van der Waals surface area contributed by atoms with E-state index in [-0.39, 0.29) is 0 Å². The highest BCUT2D eigenvalue weighted by Crippen LogP contribution is 2.20. The number of rotatable bonds is 4. The second kappa shape index (κ2) is 5.27. The highest BCUT2D eigenvalue weighted by atomic mass is 16.5. The molecule has 16 heavy (non-hydrogen) atoms. The topological polar surface area (TPSA) is 37.4 Å². The van der Waals surface area contributed by atoms with E-state index in [2.05, 4.69) is 21.3 Å². The largest absolute Gasteiger partial charge is 0.380 e. The van der Waals surface area contributed by atoms with Crippen LogP contribution in [0.2, 0.25) is 0 Å². The van der Waals surface area contributed by atoms with Crippen LogP contribution in [-0.4, -0.2) is 38.3 Å². The summed E-state index contributed by atoms with van der Waals surface area (Å²) < 4.78 is 5.36. The van der Waals surface area contributed by atoms with Crippen molar-refractivity contribution in [3.8, 4) is 0 Å². The summed E-state index contributed by atoms with van der Waals surface area (Å²) in [5, 5.41) is 3.15. The molecule has 0 aromatic carbocycles. The molecular formula is C12H19N3O. The molecule has 4 heteroatoms. The Kier molecular flexibility index (Phi) is 3.74. The van der Waals surface area contributed by atoms with Crippen molar-refractivity contribution in [2.75, 3.05) is 32.1 Å². The zero-order valence-corrected chi connectivity index (χ0v) is 9.94. The van der Waals surface area contributed by atoms with Crippen LogP contribution in [0.4, 0.5) is 5.82 Å². The van der Waals surface area contributed by atoms with Crippen molar-refractivity contribution in [3.05, 3.63) is 23.9 Å². The fraction of sp³-hybridized carbons (Fsp3) is 0.583. The number of methoxy groups -OCH3 is 1. The summed E-state index contributed by atoms with van der Waals surface area (Å²) in [4.78, 5) is 6.70. The second-order valence-corrected chi connectivity index (χ2v) is 4.15. The Morgan fingerprint density at radius 1 is 1.62 bits per heavy atom. The van der Waals surface area contributed by atoms with E-state index in [0.29, 0.717) is 6.10 Å². The molecule has 1 N–H and O–H groups in total. The predicted octanol–water partition coefficient (Wildman–Crippen LogP) is 1.03. The number of anilines is 1. The van der Waals surface area contributed by atoms with Crippen LogP contribution in [0.3, 0.4) is 0 Å². The van der Waals surface area contributed by atoms with Crippen LogP contribution in [0.1, 0.15) is 12.0 Å². The maximum absolute atomic E-state index is 5.36. The van der Waals surface area contributed by atoms with E-state index in [9.17, 15) is 0 Å². The van der Waals surface area contributed by atoms with Gasteiger partial charge in [0, 0.05) is 32.9 Å². The molecule has 0 spiro atoms. The number of hydrogen-bond donors (Lipinski definition) is 1. The third-order valence-corrected chi connectivity index (χ3v) is 2.99. The average molecular weight is 221 g/mol. The molecule has 1 aromatic heterocycles. The first-order valence-corrected chi connectivity index (χ1v) is 5.70.